The largest absolute Gasteiger partial charge is 0.494 e. The van der Waals surface area contributed by atoms with Gasteiger partial charge in [0.05, 0.1) is 17.7 Å². The van der Waals surface area contributed by atoms with Gasteiger partial charge in [0.15, 0.2) is 0 Å². The van der Waals surface area contributed by atoms with Crippen LogP contribution in [-0.4, -0.2) is 46.0 Å². The zero-order chi connectivity index (χ0) is 21.1. The zero-order valence-corrected chi connectivity index (χ0v) is 16.9. The van der Waals surface area contributed by atoms with Crippen molar-refractivity contribution in [1.29, 1.82) is 0 Å². The Balaban J connectivity index is 1.35. The van der Waals surface area contributed by atoms with Gasteiger partial charge in [0, 0.05) is 18.5 Å². The molecule has 4 rings (SSSR count). The molecule has 2 heterocycles. The molecule has 0 aliphatic carbocycles. The van der Waals surface area contributed by atoms with Crippen LogP contribution in [0.5, 0.6) is 5.75 Å². The number of rotatable bonds is 7. The molecular weight excluding hydrogens is 404 g/mol. The molecule has 2 aromatic carbocycles. The summed E-state index contributed by atoms with van der Waals surface area (Å²) in [6.07, 6.45) is 0.363. The van der Waals surface area contributed by atoms with Crippen LogP contribution < -0.4 is 10.1 Å². The second kappa shape index (κ2) is 8.42. The number of nitrogens with one attached hydrogen (secondary N) is 1. The van der Waals surface area contributed by atoms with Crippen molar-refractivity contribution < 1.29 is 19.1 Å². The molecule has 0 fully saturated rings. The van der Waals surface area contributed by atoms with Gasteiger partial charge in [0.2, 0.25) is 5.13 Å². The van der Waals surface area contributed by atoms with Crippen LogP contribution in [0.3, 0.4) is 0 Å². The molecule has 0 saturated carbocycles. The van der Waals surface area contributed by atoms with Gasteiger partial charge in [0.1, 0.15) is 10.8 Å². The highest BCUT2D eigenvalue weighted by atomic mass is 32.1. The van der Waals surface area contributed by atoms with E-state index in [1.165, 1.54) is 16.2 Å². The lowest BCUT2D eigenvalue weighted by atomic mass is 10.1. The van der Waals surface area contributed by atoms with Gasteiger partial charge in [-0.05, 0) is 43.3 Å². The molecule has 3 amide bonds. The van der Waals surface area contributed by atoms with Crippen molar-refractivity contribution in [3.63, 3.8) is 0 Å². The van der Waals surface area contributed by atoms with Gasteiger partial charge in [-0.2, -0.15) is 0 Å². The van der Waals surface area contributed by atoms with Gasteiger partial charge in [-0.1, -0.05) is 23.5 Å². The van der Waals surface area contributed by atoms with Crippen LogP contribution >= 0.6 is 11.3 Å². The first-order valence-electron chi connectivity index (χ1n) is 9.38. The van der Waals surface area contributed by atoms with Crippen molar-refractivity contribution >= 4 is 34.2 Å². The molecule has 1 aromatic heterocycles. The number of hydrogen-bond acceptors (Lipinski definition) is 7. The highest BCUT2D eigenvalue weighted by molar-refractivity contribution is 7.15. The highest BCUT2D eigenvalue weighted by Gasteiger charge is 2.34. The zero-order valence-electron chi connectivity index (χ0n) is 16.1. The fourth-order valence-electron chi connectivity index (χ4n) is 3.09. The smallest absolute Gasteiger partial charge is 0.261 e. The summed E-state index contributed by atoms with van der Waals surface area (Å²) in [5.74, 6) is -0.213. The summed E-state index contributed by atoms with van der Waals surface area (Å²) >= 11 is 1.21. The van der Waals surface area contributed by atoms with Gasteiger partial charge in [-0.15, -0.1) is 10.2 Å². The molecule has 0 unspecified atom stereocenters. The van der Waals surface area contributed by atoms with E-state index >= 15 is 0 Å². The number of carbonyl (C=O) groups is 3. The molecule has 1 N–H and O–H groups in total. The first kappa shape index (κ1) is 19.7. The van der Waals surface area contributed by atoms with E-state index in [-0.39, 0.29) is 24.3 Å². The maximum absolute atomic E-state index is 12.4. The fraction of sp³-hybridized carbons (Fsp3) is 0.190. The second-order valence-electron chi connectivity index (χ2n) is 6.47. The maximum Gasteiger partial charge on any atom is 0.261 e. The Labute approximate surface area is 176 Å². The van der Waals surface area contributed by atoms with Crippen LogP contribution in [-0.2, 0) is 6.42 Å². The summed E-state index contributed by atoms with van der Waals surface area (Å²) in [5.41, 5.74) is 1.31. The number of fused-ring (bicyclic) bond motifs is 1. The van der Waals surface area contributed by atoms with Crippen molar-refractivity contribution in [3.8, 4) is 5.75 Å². The van der Waals surface area contributed by atoms with Crippen molar-refractivity contribution in [2.45, 2.75) is 13.3 Å². The van der Waals surface area contributed by atoms with E-state index in [1.807, 2.05) is 6.92 Å². The minimum Gasteiger partial charge on any atom is -0.494 e. The Kier molecular flexibility index (Phi) is 5.53. The van der Waals surface area contributed by atoms with Crippen molar-refractivity contribution in [2.24, 2.45) is 0 Å². The standard InChI is InChI=1S/C21H18N4O4S/c1-2-29-14-9-7-13(8-10-14)18(26)22-21-24-23-17(30-21)11-12-25-19(27)15-5-3-4-6-16(15)20(25)28/h3-10H,2,11-12H2,1H3,(H,22,24,26). The van der Waals surface area contributed by atoms with Crippen molar-refractivity contribution in [3.05, 3.63) is 70.2 Å². The SMILES string of the molecule is CCOc1ccc(C(=O)Nc2nnc(CCN3C(=O)c4ccccc4C3=O)s2)cc1. The van der Waals surface area contributed by atoms with Gasteiger partial charge in [-0.25, -0.2) is 0 Å². The lowest BCUT2D eigenvalue weighted by Gasteiger charge is -2.12. The van der Waals surface area contributed by atoms with E-state index in [9.17, 15) is 14.4 Å². The van der Waals surface area contributed by atoms with Crippen LogP contribution in [0, 0.1) is 0 Å². The Morgan fingerprint density at radius 2 is 1.70 bits per heavy atom. The van der Waals surface area contributed by atoms with Crippen molar-refractivity contribution in [2.75, 3.05) is 18.5 Å². The number of nitrogens with zero attached hydrogens (tertiary/aromatic N) is 3. The van der Waals surface area contributed by atoms with Crippen LogP contribution in [0.4, 0.5) is 5.13 Å². The average Bonchev–Trinajstić information content (AvgIpc) is 3.30. The Morgan fingerprint density at radius 3 is 2.33 bits per heavy atom. The van der Waals surface area contributed by atoms with Gasteiger partial charge in [0.25, 0.3) is 17.7 Å². The molecule has 0 spiro atoms. The number of carbonyl (C=O) groups excluding carboxylic acids is 3. The predicted octanol–water partition coefficient (Wildman–Crippen LogP) is 3.03. The fourth-order valence-corrected chi connectivity index (χ4v) is 3.82. The summed E-state index contributed by atoms with van der Waals surface area (Å²) in [4.78, 5) is 38.4. The molecular formula is C21H18N4O4S. The Morgan fingerprint density at radius 1 is 1.03 bits per heavy atom. The van der Waals surface area contributed by atoms with E-state index in [1.54, 1.807) is 48.5 Å². The lowest BCUT2D eigenvalue weighted by Crippen LogP contribution is -2.31. The third-order valence-corrected chi connectivity index (χ3v) is 5.44. The molecule has 0 saturated heterocycles. The van der Waals surface area contributed by atoms with Gasteiger partial charge < -0.3 is 4.74 Å². The van der Waals surface area contributed by atoms with Crippen LogP contribution in [0.1, 0.15) is 43.0 Å². The molecule has 1 aliphatic rings. The highest BCUT2D eigenvalue weighted by Crippen LogP contribution is 2.24. The topological polar surface area (TPSA) is 101 Å². The van der Waals surface area contributed by atoms with Gasteiger partial charge >= 0.3 is 0 Å². The molecule has 152 valence electrons. The van der Waals surface area contributed by atoms with Crippen molar-refractivity contribution in [1.82, 2.24) is 15.1 Å². The summed E-state index contributed by atoms with van der Waals surface area (Å²) in [7, 11) is 0. The summed E-state index contributed by atoms with van der Waals surface area (Å²) in [5, 5.41) is 11.7. The number of aromatic nitrogens is 2. The quantitative estimate of drug-likeness (QED) is 0.588. The molecule has 8 nitrogen and oxygen atoms in total. The van der Waals surface area contributed by atoms with E-state index in [0.29, 0.717) is 45.6 Å². The maximum atomic E-state index is 12.4. The van der Waals surface area contributed by atoms with E-state index < -0.39 is 0 Å². The number of anilines is 1. The number of imide groups is 1. The molecule has 3 aromatic rings. The Bertz CT molecular complexity index is 1080. The number of benzene rings is 2. The van der Waals surface area contributed by atoms with Crippen LogP contribution in [0.25, 0.3) is 0 Å². The normalized spacial score (nSPS) is 12.8. The molecule has 0 radical (unpaired) electrons. The van der Waals surface area contributed by atoms with Crippen LogP contribution in [0.2, 0.25) is 0 Å². The lowest BCUT2D eigenvalue weighted by molar-refractivity contribution is 0.0655. The molecule has 0 atom stereocenters. The summed E-state index contributed by atoms with van der Waals surface area (Å²) in [6.45, 7) is 2.65. The number of amides is 3. The number of hydrogen-bond donors (Lipinski definition) is 1. The first-order chi connectivity index (χ1) is 14.6. The van der Waals surface area contributed by atoms with E-state index in [0.717, 1.165) is 0 Å². The van der Waals surface area contributed by atoms with E-state index in [2.05, 4.69) is 15.5 Å². The third kappa shape index (κ3) is 3.92. The second-order valence-corrected chi connectivity index (χ2v) is 7.53. The molecule has 1 aliphatic heterocycles. The minimum atomic E-state index is -0.305. The van der Waals surface area contributed by atoms with Gasteiger partial charge in [-0.3, -0.25) is 24.6 Å². The predicted molar refractivity (Wildman–Crippen MR) is 111 cm³/mol. The molecule has 30 heavy (non-hydrogen) atoms. The first-order valence-corrected chi connectivity index (χ1v) is 10.2. The van der Waals surface area contributed by atoms with Crippen LogP contribution in [0.15, 0.2) is 48.5 Å². The molecule has 9 heteroatoms. The molecule has 0 bridgehead atoms. The third-order valence-electron chi connectivity index (χ3n) is 4.54. The minimum absolute atomic E-state index is 0.202. The summed E-state index contributed by atoms with van der Waals surface area (Å²) < 4.78 is 5.36. The number of ether oxygens (including phenoxy) is 1. The summed E-state index contributed by atoms with van der Waals surface area (Å²) in [6, 6.07) is 13.6. The van der Waals surface area contributed by atoms with E-state index in [4.69, 9.17) is 4.74 Å². The monoisotopic (exact) mass is 422 g/mol. The average molecular weight is 422 g/mol. The Hall–Kier alpha value is -3.59.